The van der Waals surface area contributed by atoms with Crippen molar-refractivity contribution in [2.75, 3.05) is 5.32 Å². The molecule has 0 aliphatic carbocycles. The molecule has 9 nitrogen and oxygen atoms in total. The first-order chi connectivity index (χ1) is 17.0. The van der Waals surface area contributed by atoms with Crippen molar-refractivity contribution in [3.8, 4) is 5.69 Å². The van der Waals surface area contributed by atoms with Crippen molar-refractivity contribution in [3.63, 3.8) is 0 Å². The summed E-state index contributed by atoms with van der Waals surface area (Å²) in [5.74, 6) is 0.410. The van der Waals surface area contributed by atoms with Gasteiger partial charge in [0, 0.05) is 22.4 Å². The Kier molecular flexibility index (Phi) is 5.90. The van der Waals surface area contributed by atoms with Gasteiger partial charge in [-0.1, -0.05) is 48.5 Å². The van der Waals surface area contributed by atoms with Crippen LogP contribution in [0.2, 0.25) is 0 Å². The SMILES string of the molecule is Cc1nnc2n1-c1ccccc1C(c1ccccc1)=N[C@H]2CC(=O)Nc1ccc(C(=O)NO)cc1. The first-order valence-corrected chi connectivity index (χ1v) is 11.0. The Balaban J connectivity index is 1.50. The maximum Gasteiger partial charge on any atom is 0.274 e. The zero-order valence-electron chi connectivity index (χ0n) is 18.8. The van der Waals surface area contributed by atoms with E-state index in [1.54, 1.807) is 17.6 Å². The van der Waals surface area contributed by atoms with Crippen molar-refractivity contribution in [2.24, 2.45) is 4.99 Å². The number of anilines is 1. The number of nitrogens with zero attached hydrogens (tertiary/aromatic N) is 4. The van der Waals surface area contributed by atoms with Gasteiger partial charge < -0.3 is 5.32 Å². The lowest BCUT2D eigenvalue weighted by molar-refractivity contribution is -0.116. The molecule has 1 atom stereocenters. The van der Waals surface area contributed by atoms with E-state index < -0.39 is 11.9 Å². The molecule has 0 radical (unpaired) electrons. The number of fused-ring (bicyclic) bond motifs is 3. The highest BCUT2D eigenvalue weighted by molar-refractivity contribution is 6.15. The number of carbonyl (C=O) groups is 2. The van der Waals surface area contributed by atoms with Crippen LogP contribution in [-0.2, 0) is 4.79 Å². The molecule has 4 aromatic rings. The number of aromatic nitrogens is 3. The van der Waals surface area contributed by atoms with Gasteiger partial charge in [-0.05, 0) is 37.3 Å². The largest absolute Gasteiger partial charge is 0.326 e. The van der Waals surface area contributed by atoms with E-state index in [0.29, 0.717) is 17.3 Å². The Morgan fingerprint density at radius 1 is 0.943 bits per heavy atom. The maximum absolute atomic E-state index is 13.0. The Hall–Kier alpha value is -4.63. The van der Waals surface area contributed by atoms with Crippen molar-refractivity contribution < 1.29 is 14.8 Å². The monoisotopic (exact) mass is 466 g/mol. The van der Waals surface area contributed by atoms with Crippen molar-refractivity contribution in [3.05, 3.63) is 107 Å². The zero-order valence-corrected chi connectivity index (χ0v) is 18.8. The average Bonchev–Trinajstić information content (AvgIpc) is 3.21. The van der Waals surface area contributed by atoms with Crippen molar-refractivity contribution in [1.82, 2.24) is 20.2 Å². The number of hydrogen-bond acceptors (Lipinski definition) is 6. The summed E-state index contributed by atoms with van der Waals surface area (Å²) >= 11 is 0. The second kappa shape index (κ2) is 9.32. The quantitative estimate of drug-likeness (QED) is 0.306. The standard InChI is InChI=1S/C26H22N6O3/c1-16-29-30-25-21(15-23(33)27-19-13-11-18(12-14-19)26(34)31-35)28-24(17-7-3-2-4-8-17)20-9-5-6-10-22(20)32(16)25/h2-14,21,35H,15H2,1H3,(H,27,33)(H,31,34)/t21-/m0/s1. The maximum atomic E-state index is 13.0. The number of para-hydroxylation sites is 1. The lowest BCUT2D eigenvalue weighted by atomic mass is 10.0. The Morgan fingerprint density at radius 2 is 1.66 bits per heavy atom. The summed E-state index contributed by atoms with van der Waals surface area (Å²) in [5, 5.41) is 20.3. The van der Waals surface area contributed by atoms with E-state index in [1.807, 2.05) is 66.1 Å². The van der Waals surface area contributed by atoms with Crippen LogP contribution in [0.15, 0.2) is 83.9 Å². The van der Waals surface area contributed by atoms with Gasteiger partial charge in [0.25, 0.3) is 5.91 Å². The van der Waals surface area contributed by atoms with Gasteiger partial charge in [-0.15, -0.1) is 10.2 Å². The number of nitrogens with one attached hydrogen (secondary N) is 2. The molecule has 2 amide bonds. The average molecular weight is 467 g/mol. The number of amides is 2. The van der Waals surface area contributed by atoms with Crippen LogP contribution in [0.4, 0.5) is 5.69 Å². The molecule has 2 heterocycles. The Morgan fingerprint density at radius 3 is 2.40 bits per heavy atom. The van der Waals surface area contributed by atoms with E-state index in [1.165, 1.54) is 12.1 Å². The van der Waals surface area contributed by atoms with Gasteiger partial charge in [0.15, 0.2) is 5.82 Å². The number of hydrogen-bond donors (Lipinski definition) is 3. The predicted molar refractivity (Wildman–Crippen MR) is 130 cm³/mol. The molecule has 0 bridgehead atoms. The topological polar surface area (TPSA) is 122 Å². The molecule has 0 saturated carbocycles. The van der Waals surface area contributed by atoms with Crippen molar-refractivity contribution in [1.29, 1.82) is 0 Å². The van der Waals surface area contributed by atoms with Crippen LogP contribution in [0.25, 0.3) is 5.69 Å². The minimum absolute atomic E-state index is 0.0430. The fraction of sp³-hybridized carbons (Fsp3) is 0.115. The van der Waals surface area contributed by atoms with Crippen LogP contribution in [0.3, 0.4) is 0 Å². The number of rotatable bonds is 5. The molecular formula is C26H22N6O3. The summed E-state index contributed by atoms with van der Waals surface area (Å²) in [6.45, 7) is 1.88. The van der Waals surface area contributed by atoms with Gasteiger partial charge in [-0.25, -0.2) is 5.48 Å². The van der Waals surface area contributed by atoms with E-state index in [2.05, 4.69) is 15.5 Å². The summed E-state index contributed by atoms with van der Waals surface area (Å²) in [4.78, 5) is 29.6. The van der Waals surface area contributed by atoms with Gasteiger partial charge in [-0.2, -0.15) is 0 Å². The summed E-state index contributed by atoms with van der Waals surface area (Å²) in [6.07, 6.45) is 0.0430. The molecule has 35 heavy (non-hydrogen) atoms. The first kappa shape index (κ1) is 22.2. The van der Waals surface area contributed by atoms with Crippen LogP contribution in [0.1, 0.15) is 45.6 Å². The van der Waals surface area contributed by atoms with E-state index >= 15 is 0 Å². The molecule has 1 aromatic heterocycles. The van der Waals surface area contributed by atoms with Gasteiger partial charge in [0.2, 0.25) is 5.91 Å². The molecule has 1 aliphatic heterocycles. The first-order valence-electron chi connectivity index (χ1n) is 11.0. The third kappa shape index (κ3) is 4.32. The number of aryl methyl sites for hydroxylation is 1. The predicted octanol–water partition coefficient (Wildman–Crippen LogP) is 3.62. The molecule has 0 saturated heterocycles. The highest BCUT2D eigenvalue weighted by atomic mass is 16.5. The van der Waals surface area contributed by atoms with Gasteiger partial charge >= 0.3 is 0 Å². The second-order valence-electron chi connectivity index (χ2n) is 8.09. The Bertz CT molecular complexity index is 1430. The van der Waals surface area contributed by atoms with Crippen LogP contribution < -0.4 is 10.8 Å². The Labute approximate surface area is 201 Å². The molecule has 174 valence electrons. The summed E-state index contributed by atoms with van der Waals surface area (Å²) in [6, 6.07) is 23.4. The van der Waals surface area contributed by atoms with Gasteiger partial charge in [0.05, 0.1) is 17.8 Å². The van der Waals surface area contributed by atoms with Crippen LogP contribution >= 0.6 is 0 Å². The number of carbonyl (C=O) groups excluding carboxylic acids is 2. The third-order valence-electron chi connectivity index (χ3n) is 5.79. The summed E-state index contributed by atoms with van der Waals surface area (Å²) in [5.41, 5.74) is 5.94. The molecule has 9 heteroatoms. The number of hydroxylamine groups is 1. The summed E-state index contributed by atoms with van der Waals surface area (Å²) in [7, 11) is 0. The molecule has 0 fully saturated rings. The lowest BCUT2D eigenvalue weighted by Crippen LogP contribution is -2.19. The zero-order chi connectivity index (χ0) is 24.4. The smallest absolute Gasteiger partial charge is 0.274 e. The van der Waals surface area contributed by atoms with Crippen LogP contribution in [0, 0.1) is 6.92 Å². The number of benzene rings is 3. The molecule has 1 aliphatic rings. The molecule has 0 unspecified atom stereocenters. The van der Waals surface area contributed by atoms with Crippen molar-refractivity contribution >= 4 is 23.2 Å². The minimum Gasteiger partial charge on any atom is -0.326 e. The second-order valence-corrected chi connectivity index (χ2v) is 8.09. The van der Waals surface area contributed by atoms with E-state index in [-0.39, 0.29) is 17.9 Å². The van der Waals surface area contributed by atoms with E-state index in [4.69, 9.17) is 10.2 Å². The van der Waals surface area contributed by atoms with Crippen LogP contribution in [0.5, 0.6) is 0 Å². The summed E-state index contributed by atoms with van der Waals surface area (Å²) < 4.78 is 1.95. The van der Waals surface area contributed by atoms with Crippen molar-refractivity contribution in [2.45, 2.75) is 19.4 Å². The third-order valence-corrected chi connectivity index (χ3v) is 5.79. The molecule has 3 N–H and O–H groups in total. The number of aliphatic imine (C=N–C) groups is 1. The normalized spacial score (nSPS) is 14.2. The molecule has 5 rings (SSSR count). The molecular weight excluding hydrogens is 444 g/mol. The van der Waals surface area contributed by atoms with E-state index in [9.17, 15) is 9.59 Å². The van der Waals surface area contributed by atoms with E-state index in [0.717, 1.165) is 22.5 Å². The highest BCUT2D eigenvalue weighted by Crippen LogP contribution is 2.32. The fourth-order valence-corrected chi connectivity index (χ4v) is 4.16. The molecule has 0 spiro atoms. The van der Waals surface area contributed by atoms with Gasteiger partial charge in [0.1, 0.15) is 11.9 Å². The van der Waals surface area contributed by atoms with Crippen LogP contribution in [-0.4, -0.2) is 37.5 Å². The fourth-order valence-electron chi connectivity index (χ4n) is 4.16. The van der Waals surface area contributed by atoms with Gasteiger partial charge in [-0.3, -0.25) is 24.4 Å². The molecule has 3 aromatic carbocycles. The lowest BCUT2D eigenvalue weighted by Gasteiger charge is -2.13. The minimum atomic E-state index is -0.626. The highest BCUT2D eigenvalue weighted by Gasteiger charge is 2.29.